The Bertz CT molecular complexity index is 2680. The van der Waals surface area contributed by atoms with Crippen LogP contribution in [0.2, 0.25) is 5.28 Å². The summed E-state index contributed by atoms with van der Waals surface area (Å²) in [5.41, 5.74) is -1.64. The van der Waals surface area contributed by atoms with Crippen LogP contribution in [0.4, 0.5) is 34.6 Å². The van der Waals surface area contributed by atoms with Gasteiger partial charge in [-0.15, -0.1) is 10.2 Å². The Hall–Kier alpha value is -4.92. The molecule has 0 fully saturated rings. The third-order valence-corrected chi connectivity index (χ3v) is 10.1. The first kappa shape index (κ1) is 36.4. The van der Waals surface area contributed by atoms with Crippen LogP contribution in [0.3, 0.4) is 0 Å². The zero-order chi connectivity index (χ0) is 36.8. The maximum absolute atomic E-state index is 12.4. The van der Waals surface area contributed by atoms with E-state index in [4.69, 9.17) is 11.6 Å². The predicted octanol–water partition coefficient (Wildman–Crippen LogP) is 4.27. The van der Waals surface area contributed by atoms with Gasteiger partial charge in [-0.3, -0.25) is 18.2 Å². The van der Waals surface area contributed by atoms with Gasteiger partial charge in [0.05, 0.1) is 16.0 Å². The van der Waals surface area contributed by atoms with Gasteiger partial charge in [-0.25, -0.2) is 0 Å². The lowest BCUT2D eigenvalue weighted by Gasteiger charge is -2.16. The van der Waals surface area contributed by atoms with Crippen molar-refractivity contribution in [3.63, 3.8) is 0 Å². The second-order valence-corrected chi connectivity index (χ2v) is 15.6. The number of benzene rings is 4. The van der Waals surface area contributed by atoms with Gasteiger partial charge < -0.3 is 15.7 Å². The first-order valence-corrected chi connectivity index (χ1v) is 19.1. The van der Waals surface area contributed by atoms with Crippen molar-refractivity contribution < 1.29 is 57.0 Å². The number of aromatic nitrogens is 3. The van der Waals surface area contributed by atoms with Crippen LogP contribution in [-0.4, -0.2) is 71.9 Å². The summed E-state index contributed by atoms with van der Waals surface area (Å²) in [5, 5.41) is 22.2. The molecular formula is C25H18ClN7O13S4. The van der Waals surface area contributed by atoms with Crippen molar-refractivity contribution in [3.8, 4) is 5.75 Å². The van der Waals surface area contributed by atoms with Crippen molar-refractivity contribution >= 4 is 97.5 Å². The van der Waals surface area contributed by atoms with Gasteiger partial charge in [0.1, 0.15) is 26.1 Å². The summed E-state index contributed by atoms with van der Waals surface area (Å²) in [6.07, 6.45) is 0. The second kappa shape index (κ2) is 13.1. The Balaban J connectivity index is 1.68. The second-order valence-electron chi connectivity index (χ2n) is 9.70. The summed E-state index contributed by atoms with van der Waals surface area (Å²) in [6.45, 7) is 0. The van der Waals surface area contributed by atoms with Gasteiger partial charge in [-0.05, 0) is 66.2 Å². The average molecular weight is 788 g/mol. The molecule has 0 radical (unpaired) electrons. The number of nitrogens with one attached hydrogen (secondary N) is 2. The maximum Gasteiger partial charge on any atom is 0.296 e. The van der Waals surface area contributed by atoms with E-state index in [9.17, 15) is 57.0 Å². The molecule has 0 aliphatic rings. The van der Waals surface area contributed by atoms with Gasteiger partial charge in [-0.1, -0.05) is 12.1 Å². The lowest BCUT2D eigenvalue weighted by Crippen LogP contribution is -2.06. The van der Waals surface area contributed by atoms with Gasteiger partial charge in [-0.2, -0.15) is 48.6 Å². The zero-order valence-corrected chi connectivity index (χ0v) is 28.1. The topological polar surface area (TPSA) is 325 Å². The number of phenols is 1. The molecule has 5 rings (SSSR count). The molecule has 0 saturated carbocycles. The highest BCUT2D eigenvalue weighted by molar-refractivity contribution is 7.86. The van der Waals surface area contributed by atoms with Crippen molar-refractivity contribution in [3.05, 3.63) is 72.0 Å². The Morgan fingerprint density at radius 3 is 1.78 bits per heavy atom. The minimum atomic E-state index is -5.36. The van der Waals surface area contributed by atoms with E-state index in [0.29, 0.717) is 6.07 Å². The molecule has 1 aromatic heterocycles. The summed E-state index contributed by atoms with van der Waals surface area (Å²) in [7, 11) is -19.9. The Morgan fingerprint density at radius 1 is 0.620 bits per heavy atom. The van der Waals surface area contributed by atoms with Crippen LogP contribution in [0.5, 0.6) is 5.75 Å². The molecule has 0 atom stereocenters. The number of hydrogen-bond acceptors (Lipinski definition) is 16. The van der Waals surface area contributed by atoms with Crippen LogP contribution < -0.4 is 10.6 Å². The van der Waals surface area contributed by atoms with E-state index in [1.165, 1.54) is 24.3 Å². The van der Waals surface area contributed by atoms with E-state index in [0.717, 1.165) is 36.4 Å². The number of aromatic hydroxyl groups is 1. The number of nitrogens with zero attached hydrogens (tertiary/aromatic N) is 5. The molecule has 4 aromatic carbocycles. The number of rotatable bonds is 10. The highest BCUT2D eigenvalue weighted by Gasteiger charge is 2.28. The largest absolute Gasteiger partial charge is 0.505 e. The fourth-order valence-electron chi connectivity index (χ4n) is 4.34. The Kier molecular flexibility index (Phi) is 9.51. The maximum atomic E-state index is 12.4. The molecule has 1 heterocycles. The van der Waals surface area contributed by atoms with E-state index in [1.807, 2.05) is 0 Å². The van der Waals surface area contributed by atoms with E-state index in [2.05, 4.69) is 35.8 Å². The van der Waals surface area contributed by atoms with E-state index in [-0.39, 0.29) is 23.3 Å². The molecule has 7 N–H and O–H groups in total. The molecule has 0 amide bonds. The van der Waals surface area contributed by atoms with Crippen LogP contribution in [-0.2, 0) is 40.5 Å². The standard InChI is InChI=1S/C25H18ClN7O13S4/c26-23-29-24(27-12-5-7-13(8-6-12)47(35,36)37)31-25(30-23)28-16-9-10-17(48(38,39)40)14-11-19(50(44,45)46)21(22(34)20(14)16)33-32-15-3-1-2-4-18(15)49(41,42)43/h1-11,34H,(H,35,36,37)(H,38,39,40)(H,41,42,43)(H,44,45,46)(H2,27,28,29,30,31). The summed E-state index contributed by atoms with van der Waals surface area (Å²) >= 11 is 6.04. The van der Waals surface area contributed by atoms with E-state index >= 15 is 0 Å². The lowest BCUT2D eigenvalue weighted by atomic mass is 10.1. The smallest absolute Gasteiger partial charge is 0.296 e. The van der Waals surface area contributed by atoms with Crippen molar-refractivity contribution in [2.75, 3.05) is 10.6 Å². The quantitative estimate of drug-likeness (QED) is 0.0767. The van der Waals surface area contributed by atoms with Crippen molar-refractivity contribution in [1.82, 2.24) is 15.0 Å². The fraction of sp³-hybridized carbons (Fsp3) is 0. The minimum absolute atomic E-state index is 0.217. The highest BCUT2D eigenvalue weighted by atomic mass is 35.5. The number of anilines is 4. The van der Waals surface area contributed by atoms with Gasteiger partial charge >= 0.3 is 0 Å². The van der Waals surface area contributed by atoms with Crippen LogP contribution in [0.1, 0.15) is 0 Å². The third kappa shape index (κ3) is 7.93. The van der Waals surface area contributed by atoms with E-state index < -0.39 is 93.2 Å². The molecule has 50 heavy (non-hydrogen) atoms. The number of fused-ring (bicyclic) bond motifs is 1. The molecule has 0 aliphatic heterocycles. The van der Waals surface area contributed by atoms with Crippen molar-refractivity contribution in [1.29, 1.82) is 0 Å². The number of azo groups is 1. The molecule has 0 spiro atoms. The Morgan fingerprint density at radius 2 is 1.20 bits per heavy atom. The van der Waals surface area contributed by atoms with Crippen LogP contribution in [0.25, 0.3) is 10.8 Å². The number of hydrogen-bond donors (Lipinski definition) is 7. The van der Waals surface area contributed by atoms with Crippen molar-refractivity contribution in [2.24, 2.45) is 10.2 Å². The molecule has 0 bridgehead atoms. The van der Waals surface area contributed by atoms with Crippen LogP contribution >= 0.6 is 11.6 Å². The summed E-state index contributed by atoms with van der Waals surface area (Å²) in [4.78, 5) is 8.51. The first-order chi connectivity index (χ1) is 23.1. The number of phenolic OH excluding ortho intramolecular Hbond substituents is 1. The van der Waals surface area contributed by atoms with Crippen LogP contribution in [0.15, 0.2) is 96.5 Å². The Labute approximate surface area is 286 Å². The normalized spacial score (nSPS) is 12.7. The molecule has 5 aromatic rings. The lowest BCUT2D eigenvalue weighted by molar-refractivity contribution is 0.471. The molecule has 20 nitrogen and oxygen atoms in total. The average Bonchev–Trinajstić information content (AvgIpc) is 2.98. The van der Waals surface area contributed by atoms with Gasteiger partial charge in [0.2, 0.25) is 17.2 Å². The van der Waals surface area contributed by atoms with Gasteiger partial charge in [0, 0.05) is 11.1 Å². The molecule has 0 aliphatic carbocycles. The summed E-state index contributed by atoms with van der Waals surface area (Å²) in [6, 6.07) is 11.5. The molecule has 25 heteroatoms. The molecular weight excluding hydrogens is 770 g/mol. The first-order valence-electron chi connectivity index (χ1n) is 12.9. The minimum Gasteiger partial charge on any atom is -0.505 e. The van der Waals surface area contributed by atoms with Gasteiger partial charge in [0.25, 0.3) is 40.5 Å². The molecule has 262 valence electrons. The summed E-state index contributed by atoms with van der Waals surface area (Å²) < 4.78 is 134. The number of halogens is 1. The van der Waals surface area contributed by atoms with E-state index in [1.54, 1.807) is 0 Å². The third-order valence-electron chi connectivity index (χ3n) is 6.40. The predicted molar refractivity (Wildman–Crippen MR) is 173 cm³/mol. The SMILES string of the molecule is O=S(=O)(O)c1ccc(Nc2nc(Cl)nc(Nc3ccc(S(=O)(=O)O)c4cc(S(=O)(=O)O)c(N=Nc5ccccc5S(=O)(=O)O)c(O)c34)n2)cc1. The fourth-order valence-corrected chi connectivity index (χ4v) is 6.93. The van der Waals surface area contributed by atoms with Crippen molar-refractivity contribution in [2.45, 2.75) is 19.6 Å². The molecule has 0 saturated heterocycles. The monoisotopic (exact) mass is 787 g/mol. The van der Waals surface area contributed by atoms with Crippen LogP contribution in [0, 0.1) is 0 Å². The summed E-state index contributed by atoms with van der Waals surface area (Å²) in [5.74, 6) is -1.80. The van der Waals surface area contributed by atoms with Gasteiger partial charge in [0.15, 0.2) is 5.75 Å². The molecule has 0 unspecified atom stereocenters. The zero-order valence-electron chi connectivity index (χ0n) is 24.1. The highest BCUT2D eigenvalue weighted by Crippen LogP contribution is 2.46.